The largest absolute Gasteiger partial charge is 0.391 e. The highest BCUT2D eigenvalue weighted by molar-refractivity contribution is 5.78. The summed E-state index contributed by atoms with van der Waals surface area (Å²) in [5, 5.41) is 2.68. The molecule has 0 unspecified atom stereocenters. The van der Waals surface area contributed by atoms with Gasteiger partial charge in [0.05, 0.1) is 5.92 Å². The summed E-state index contributed by atoms with van der Waals surface area (Å²) in [5.74, 6) is -1.68. The summed E-state index contributed by atoms with van der Waals surface area (Å²) in [6, 6.07) is 0. The molecule has 3 N–H and O–H groups in total. The van der Waals surface area contributed by atoms with Crippen molar-refractivity contribution < 1.29 is 18.0 Å². The van der Waals surface area contributed by atoms with Gasteiger partial charge in [-0.25, -0.2) is 0 Å². The van der Waals surface area contributed by atoms with Crippen LogP contribution in [0.4, 0.5) is 13.2 Å². The molecule has 0 radical (unpaired) electrons. The van der Waals surface area contributed by atoms with Crippen LogP contribution in [-0.4, -0.2) is 25.2 Å². The second-order valence-electron chi connectivity index (χ2n) is 4.54. The molecule has 0 heterocycles. The zero-order valence-corrected chi connectivity index (χ0v) is 10.2. The molecule has 0 aromatic rings. The number of alkyl halides is 3. The van der Waals surface area contributed by atoms with Crippen molar-refractivity contribution in [2.45, 2.75) is 31.9 Å². The van der Waals surface area contributed by atoms with E-state index in [1.165, 1.54) is 0 Å². The average Bonchev–Trinajstić information content (AvgIpc) is 2.33. The van der Waals surface area contributed by atoms with Gasteiger partial charge in [-0.1, -0.05) is 12.2 Å². The number of rotatable bonds is 4. The standard InChI is InChI=1S/C12H19F3N2O/c13-12(14,15)10-5-3-9(4-6-10)11(18)17-8-2-1-7-16/h1-2,9-10H,3-8,16H2,(H,17,18)/b2-1+. The lowest BCUT2D eigenvalue weighted by molar-refractivity contribution is -0.184. The fourth-order valence-corrected chi connectivity index (χ4v) is 2.17. The lowest BCUT2D eigenvalue weighted by atomic mass is 9.81. The maximum atomic E-state index is 12.4. The van der Waals surface area contributed by atoms with Crippen molar-refractivity contribution in [1.29, 1.82) is 0 Å². The summed E-state index contributed by atoms with van der Waals surface area (Å²) in [4.78, 5) is 11.7. The monoisotopic (exact) mass is 264 g/mol. The molecule has 0 bridgehead atoms. The Hall–Kier alpha value is -1.04. The third-order valence-corrected chi connectivity index (χ3v) is 3.26. The van der Waals surface area contributed by atoms with Crippen LogP contribution in [-0.2, 0) is 4.79 Å². The van der Waals surface area contributed by atoms with E-state index in [-0.39, 0.29) is 24.7 Å². The number of hydrogen-bond acceptors (Lipinski definition) is 2. The molecule has 0 aromatic carbocycles. The van der Waals surface area contributed by atoms with Crippen molar-refractivity contribution >= 4 is 5.91 Å². The van der Waals surface area contributed by atoms with Gasteiger partial charge in [0.1, 0.15) is 0 Å². The molecule has 18 heavy (non-hydrogen) atoms. The molecule has 3 nitrogen and oxygen atoms in total. The Morgan fingerprint density at radius 2 is 1.83 bits per heavy atom. The van der Waals surface area contributed by atoms with Crippen molar-refractivity contribution in [3.8, 4) is 0 Å². The van der Waals surface area contributed by atoms with Crippen molar-refractivity contribution in [2.24, 2.45) is 17.6 Å². The van der Waals surface area contributed by atoms with Gasteiger partial charge in [-0.15, -0.1) is 0 Å². The molecule has 0 saturated heterocycles. The van der Waals surface area contributed by atoms with Crippen molar-refractivity contribution in [1.82, 2.24) is 5.32 Å². The van der Waals surface area contributed by atoms with Crippen molar-refractivity contribution in [3.63, 3.8) is 0 Å². The Morgan fingerprint density at radius 3 is 2.33 bits per heavy atom. The average molecular weight is 264 g/mol. The third kappa shape index (κ3) is 4.68. The van der Waals surface area contributed by atoms with E-state index in [9.17, 15) is 18.0 Å². The molecule has 1 amide bonds. The first-order valence-electron chi connectivity index (χ1n) is 6.14. The normalized spacial score (nSPS) is 25.3. The van der Waals surface area contributed by atoms with Gasteiger partial charge in [0.25, 0.3) is 0 Å². The Kier molecular flexibility index (Phi) is 5.65. The number of carbonyl (C=O) groups is 1. The number of nitrogens with two attached hydrogens (primary N) is 1. The minimum absolute atomic E-state index is 0.0558. The molecule has 0 aromatic heterocycles. The lowest BCUT2D eigenvalue weighted by Crippen LogP contribution is -2.36. The van der Waals surface area contributed by atoms with Crippen LogP contribution in [0, 0.1) is 11.8 Å². The molecule has 1 aliphatic rings. The van der Waals surface area contributed by atoms with Crippen LogP contribution in [0.25, 0.3) is 0 Å². The van der Waals surface area contributed by atoms with Crippen LogP contribution >= 0.6 is 0 Å². The summed E-state index contributed by atoms with van der Waals surface area (Å²) < 4.78 is 37.3. The van der Waals surface area contributed by atoms with E-state index in [4.69, 9.17) is 5.73 Å². The minimum Gasteiger partial charge on any atom is -0.352 e. The number of carbonyl (C=O) groups excluding carboxylic acids is 1. The molecule has 1 rings (SSSR count). The summed E-state index contributed by atoms with van der Waals surface area (Å²) in [7, 11) is 0. The van der Waals surface area contributed by atoms with Gasteiger partial charge in [0.15, 0.2) is 0 Å². The van der Waals surface area contributed by atoms with Gasteiger partial charge in [0.2, 0.25) is 5.91 Å². The van der Waals surface area contributed by atoms with E-state index >= 15 is 0 Å². The van der Waals surface area contributed by atoms with E-state index in [0.29, 0.717) is 25.9 Å². The Bertz CT molecular complexity index is 294. The van der Waals surface area contributed by atoms with E-state index < -0.39 is 12.1 Å². The summed E-state index contributed by atoms with van der Waals surface area (Å²) in [6.07, 6.45) is 0.0824. The van der Waals surface area contributed by atoms with Crippen LogP contribution < -0.4 is 11.1 Å². The molecule has 1 aliphatic carbocycles. The van der Waals surface area contributed by atoms with Gasteiger partial charge in [0, 0.05) is 19.0 Å². The van der Waals surface area contributed by atoms with Crippen molar-refractivity contribution in [2.75, 3.05) is 13.1 Å². The number of hydrogen-bond donors (Lipinski definition) is 2. The Labute approximate surface area is 105 Å². The molecular formula is C12H19F3N2O. The quantitative estimate of drug-likeness (QED) is 0.763. The van der Waals surface area contributed by atoms with Crippen LogP contribution in [0.15, 0.2) is 12.2 Å². The Morgan fingerprint density at radius 1 is 1.22 bits per heavy atom. The van der Waals surface area contributed by atoms with E-state index in [1.807, 2.05) is 0 Å². The zero-order chi connectivity index (χ0) is 13.6. The van der Waals surface area contributed by atoms with E-state index in [0.717, 1.165) is 0 Å². The first kappa shape index (κ1) is 15.0. The zero-order valence-electron chi connectivity index (χ0n) is 10.2. The highest BCUT2D eigenvalue weighted by atomic mass is 19.4. The second kappa shape index (κ2) is 6.78. The topological polar surface area (TPSA) is 55.1 Å². The SMILES string of the molecule is NC/C=C/CNC(=O)C1CCC(C(F)(F)F)CC1. The number of halogens is 3. The highest BCUT2D eigenvalue weighted by Crippen LogP contribution is 2.39. The third-order valence-electron chi connectivity index (χ3n) is 3.26. The van der Waals surface area contributed by atoms with Crippen LogP contribution in [0.1, 0.15) is 25.7 Å². The second-order valence-corrected chi connectivity index (χ2v) is 4.54. The summed E-state index contributed by atoms with van der Waals surface area (Å²) in [6.45, 7) is 0.793. The molecule has 0 atom stereocenters. The summed E-state index contributed by atoms with van der Waals surface area (Å²) in [5.41, 5.74) is 5.24. The van der Waals surface area contributed by atoms with Gasteiger partial charge in [-0.3, -0.25) is 4.79 Å². The maximum absolute atomic E-state index is 12.4. The van der Waals surface area contributed by atoms with Crippen LogP contribution in [0.5, 0.6) is 0 Å². The van der Waals surface area contributed by atoms with Gasteiger partial charge in [-0.2, -0.15) is 13.2 Å². The van der Waals surface area contributed by atoms with Crippen molar-refractivity contribution in [3.05, 3.63) is 12.2 Å². The summed E-state index contributed by atoms with van der Waals surface area (Å²) >= 11 is 0. The smallest absolute Gasteiger partial charge is 0.352 e. The lowest BCUT2D eigenvalue weighted by Gasteiger charge is -2.28. The fourth-order valence-electron chi connectivity index (χ4n) is 2.17. The van der Waals surface area contributed by atoms with Gasteiger partial charge < -0.3 is 11.1 Å². The van der Waals surface area contributed by atoms with E-state index in [2.05, 4.69) is 5.32 Å². The molecular weight excluding hydrogens is 245 g/mol. The molecule has 1 saturated carbocycles. The van der Waals surface area contributed by atoms with Gasteiger partial charge in [-0.05, 0) is 25.7 Å². The van der Waals surface area contributed by atoms with Crippen LogP contribution in [0.3, 0.4) is 0 Å². The predicted octanol–water partition coefficient (Wildman–Crippen LogP) is 1.99. The van der Waals surface area contributed by atoms with E-state index in [1.54, 1.807) is 12.2 Å². The first-order chi connectivity index (χ1) is 8.45. The molecule has 1 fully saturated rings. The number of nitrogens with one attached hydrogen (secondary N) is 1. The van der Waals surface area contributed by atoms with Crippen LogP contribution in [0.2, 0.25) is 0 Å². The minimum atomic E-state index is -4.12. The predicted molar refractivity (Wildman–Crippen MR) is 62.7 cm³/mol. The first-order valence-corrected chi connectivity index (χ1v) is 6.14. The molecule has 6 heteroatoms. The fraction of sp³-hybridized carbons (Fsp3) is 0.750. The van der Waals surface area contributed by atoms with Gasteiger partial charge >= 0.3 is 6.18 Å². The molecule has 104 valence electrons. The molecule has 0 aliphatic heterocycles. The maximum Gasteiger partial charge on any atom is 0.391 e. The number of amides is 1. The molecule has 0 spiro atoms. The highest BCUT2D eigenvalue weighted by Gasteiger charge is 2.42. The Balaban J connectivity index is 2.30.